The highest BCUT2D eigenvalue weighted by atomic mass is 16.5. The molecule has 2 aromatic rings. The average molecular weight is 285 g/mol. The predicted molar refractivity (Wildman–Crippen MR) is 85.8 cm³/mol. The van der Waals surface area contributed by atoms with E-state index in [0.29, 0.717) is 18.3 Å². The minimum absolute atomic E-state index is 0.293. The van der Waals surface area contributed by atoms with E-state index < -0.39 is 0 Å². The van der Waals surface area contributed by atoms with Crippen molar-refractivity contribution in [2.45, 2.75) is 32.9 Å². The number of para-hydroxylation sites is 1. The van der Waals surface area contributed by atoms with Gasteiger partial charge in [0.05, 0.1) is 7.11 Å². The van der Waals surface area contributed by atoms with Gasteiger partial charge in [0.1, 0.15) is 11.5 Å². The molecule has 0 amide bonds. The molecule has 0 bridgehead atoms. The molecule has 0 fully saturated rings. The van der Waals surface area contributed by atoms with Crippen LogP contribution in [0.3, 0.4) is 0 Å². The van der Waals surface area contributed by atoms with Gasteiger partial charge >= 0.3 is 0 Å². The number of methoxy groups -OCH3 is 1. The number of aromatic hydroxyl groups is 1. The number of ether oxygens (including phenoxy) is 1. The van der Waals surface area contributed by atoms with Crippen molar-refractivity contribution in [1.29, 1.82) is 0 Å². The first-order valence-corrected chi connectivity index (χ1v) is 7.24. The molecular weight excluding hydrogens is 262 g/mol. The van der Waals surface area contributed by atoms with Gasteiger partial charge in [-0.3, -0.25) is 0 Å². The standard InChI is InChI=1S/C18H23NO2/c1-13-8-9-17(20)16(10-13)12-19-14(2)11-15-6-4-5-7-18(15)21-3/h4-10,14,19-20H,11-12H2,1-3H3. The molecule has 1 unspecified atom stereocenters. The van der Waals surface area contributed by atoms with E-state index in [1.807, 2.05) is 37.3 Å². The largest absolute Gasteiger partial charge is 0.508 e. The highest BCUT2D eigenvalue weighted by molar-refractivity contribution is 5.36. The maximum Gasteiger partial charge on any atom is 0.122 e. The van der Waals surface area contributed by atoms with Crippen molar-refractivity contribution in [3.63, 3.8) is 0 Å². The number of benzene rings is 2. The first kappa shape index (κ1) is 15.4. The second kappa shape index (κ2) is 7.14. The molecule has 3 heteroatoms. The third-order valence-corrected chi connectivity index (χ3v) is 3.59. The zero-order chi connectivity index (χ0) is 15.2. The Balaban J connectivity index is 1.96. The average Bonchev–Trinajstić information content (AvgIpc) is 2.49. The van der Waals surface area contributed by atoms with Crippen molar-refractivity contribution in [2.24, 2.45) is 0 Å². The molecular formula is C18H23NO2. The Morgan fingerprint density at radius 3 is 2.67 bits per heavy atom. The summed E-state index contributed by atoms with van der Waals surface area (Å²) in [7, 11) is 1.70. The van der Waals surface area contributed by atoms with E-state index in [4.69, 9.17) is 4.74 Å². The molecule has 0 heterocycles. The molecule has 0 saturated heterocycles. The second-order valence-corrected chi connectivity index (χ2v) is 5.43. The van der Waals surface area contributed by atoms with Gasteiger partial charge in [0.25, 0.3) is 0 Å². The number of hydrogen-bond donors (Lipinski definition) is 2. The molecule has 2 aromatic carbocycles. The normalized spacial score (nSPS) is 12.1. The molecule has 0 spiro atoms. The Morgan fingerprint density at radius 2 is 1.90 bits per heavy atom. The number of aryl methyl sites for hydroxylation is 1. The van der Waals surface area contributed by atoms with Crippen LogP contribution in [0.2, 0.25) is 0 Å². The van der Waals surface area contributed by atoms with E-state index in [0.717, 1.165) is 23.3 Å². The summed E-state index contributed by atoms with van der Waals surface area (Å²) < 4.78 is 5.38. The van der Waals surface area contributed by atoms with Crippen molar-refractivity contribution in [3.8, 4) is 11.5 Å². The molecule has 0 aliphatic carbocycles. The maximum atomic E-state index is 9.86. The van der Waals surface area contributed by atoms with Crippen molar-refractivity contribution in [3.05, 3.63) is 59.2 Å². The second-order valence-electron chi connectivity index (χ2n) is 5.43. The number of phenols is 1. The van der Waals surface area contributed by atoms with Crippen molar-refractivity contribution >= 4 is 0 Å². The van der Waals surface area contributed by atoms with Gasteiger partial charge in [0, 0.05) is 18.2 Å². The third-order valence-electron chi connectivity index (χ3n) is 3.59. The smallest absolute Gasteiger partial charge is 0.122 e. The van der Waals surface area contributed by atoms with E-state index in [1.54, 1.807) is 13.2 Å². The van der Waals surface area contributed by atoms with E-state index in [1.165, 1.54) is 5.56 Å². The lowest BCUT2D eigenvalue weighted by Gasteiger charge is -2.16. The number of phenolic OH excluding ortho intramolecular Hbond substituents is 1. The van der Waals surface area contributed by atoms with Crippen LogP contribution in [0.1, 0.15) is 23.6 Å². The van der Waals surface area contributed by atoms with Gasteiger partial charge in [-0.2, -0.15) is 0 Å². The first-order valence-electron chi connectivity index (χ1n) is 7.24. The van der Waals surface area contributed by atoms with Gasteiger partial charge in [0.15, 0.2) is 0 Å². The Hall–Kier alpha value is -2.00. The lowest BCUT2D eigenvalue weighted by atomic mass is 10.1. The number of hydrogen-bond acceptors (Lipinski definition) is 3. The van der Waals surface area contributed by atoms with E-state index >= 15 is 0 Å². The minimum atomic E-state index is 0.293. The van der Waals surface area contributed by atoms with Crippen LogP contribution in [0.4, 0.5) is 0 Å². The van der Waals surface area contributed by atoms with Gasteiger partial charge in [-0.1, -0.05) is 35.9 Å². The summed E-state index contributed by atoms with van der Waals surface area (Å²) in [5.41, 5.74) is 3.28. The summed E-state index contributed by atoms with van der Waals surface area (Å²) in [5, 5.41) is 13.3. The predicted octanol–water partition coefficient (Wildman–Crippen LogP) is 3.43. The van der Waals surface area contributed by atoms with Crippen LogP contribution in [-0.2, 0) is 13.0 Å². The molecule has 0 aliphatic heterocycles. The molecule has 0 aliphatic rings. The zero-order valence-electron chi connectivity index (χ0n) is 12.9. The first-order chi connectivity index (χ1) is 10.1. The zero-order valence-corrected chi connectivity index (χ0v) is 12.9. The highest BCUT2D eigenvalue weighted by Crippen LogP contribution is 2.20. The van der Waals surface area contributed by atoms with Crippen LogP contribution < -0.4 is 10.1 Å². The van der Waals surface area contributed by atoms with Gasteiger partial charge < -0.3 is 15.2 Å². The monoisotopic (exact) mass is 285 g/mol. The molecule has 1 atom stereocenters. The van der Waals surface area contributed by atoms with Gasteiger partial charge in [-0.15, -0.1) is 0 Å². The summed E-state index contributed by atoms with van der Waals surface area (Å²) in [4.78, 5) is 0. The maximum absolute atomic E-state index is 9.86. The van der Waals surface area contributed by atoms with E-state index in [-0.39, 0.29) is 0 Å². The Kier molecular flexibility index (Phi) is 5.23. The van der Waals surface area contributed by atoms with Crippen LogP contribution in [0.15, 0.2) is 42.5 Å². The Bertz CT molecular complexity index is 596. The summed E-state index contributed by atoms with van der Waals surface area (Å²) in [5.74, 6) is 1.27. The number of rotatable bonds is 6. The van der Waals surface area contributed by atoms with E-state index in [9.17, 15) is 5.11 Å². The summed E-state index contributed by atoms with van der Waals surface area (Å²) in [6.07, 6.45) is 0.886. The quantitative estimate of drug-likeness (QED) is 0.854. The minimum Gasteiger partial charge on any atom is -0.508 e. The molecule has 0 radical (unpaired) electrons. The fourth-order valence-electron chi connectivity index (χ4n) is 2.41. The van der Waals surface area contributed by atoms with Crippen LogP contribution >= 0.6 is 0 Å². The van der Waals surface area contributed by atoms with Crippen molar-refractivity contribution in [1.82, 2.24) is 5.32 Å². The lowest BCUT2D eigenvalue weighted by Crippen LogP contribution is -2.27. The Morgan fingerprint density at radius 1 is 1.14 bits per heavy atom. The number of nitrogens with one attached hydrogen (secondary N) is 1. The molecule has 21 heavy (non-hydrogen) atoms. The summed E-state index contributed by atoms with van der Waals surface area (Å²) in [6.45, 7) is 4.82. The fourth-order valence-corrected chi connectivity index (χ4v) is 2.41. The Labute approximate surface area is 126 Å². The molecule has 112 valence electrons. The summed E-state index contributed by atoms with van der Waals surface area (Å²) in [6, 6.07) is 14.0. The van der Waals surface area contributed by atoms with Crippen LogP contribution in [-0.4, -0.2) is 18.3 Å². The van der Waals surface area contributed by atoms with Crippen LogP contribution in [0.25, 0.3) is 0 Å². The highest BCUT2D eigenvalue weighted by Gasteiger charge is 2.09. The van der Waals surface area contributed by atoms with Crippen molar-refractivity contribution in [2.75, 3.05) is 7.11 Å². The van der Waals surface area contributed by atoms with E-state index in [2.05, 4.69) is 18.3 Å². The topological polar surface area (TPSA) is 41.5 Å². The fraction of sp³-hybridized carbons (Fsp3) is 0.333. The van der Waals surface area contributed by atoms with Gasteiger partial charge in [-0.05, 0) is 38.0 Å². The SMILES string of the molecule is COc1ccccc1CC(C)NCc1cc(C)ccc1O. The lowest BCUT2D eigenvalue weighted by molar-refractivity contribution is 0.405. The van der Waals surface area contributed by atoms with Gasteiger partial charge in [-0.25, -0.2) is 0 Å². The molecule has 2 N–H and O–H groups in total. The molecule has 2 rings (SSSR count). The van der Waals surface area contributed by atoms with Gasteiger partial charge in [0.2, 0.25) is 0 Å². The molecule has 3 nitrogen and oxygen atoms in total. The molecule has 0 aromatic heterocycles. The van der Waals surface area contributed by atoms with Crippen LogP contribution in [0, 0.1) is 6.92 Å². The summed E-state index contributed by atoms with van der Waals surface area (Å²) >= 11 is 0. The molecule has 0 saturated carbocycles. The van der Waals surface area contributed by atoms with Crippen LogP contribution in [0.5, 0.6) is 11.5 Å². The third kappa shape index (κ3) is 4.23. The van der Waals surface area contributed by atoms with Crippen molar-refractivity contribution < 1.29 is 9.84 Å².